The number of halogens is 1. The normalized spacial score (nSPS) is 16.5. The van der Waals surface area contributed by atoms with Crippen molar-refractivity contribution >= 4 is 29.2 Å². The Morgan fingerprint density at radius 2 is 1.70 bits per heavy atom. The maximum atomic E-state index is 12.9. The van der Waals surface area contributed by atoms with E-state index in [4.69, 9.17) is 16.7 Å². The molecule has 0 atom stereocenters. The third-order valence-corrected chi connectivity index (χ3v) is 6.66. The summed E-state index contributed by atoms with van der Waals surface area (Å²) in [6, 6.07) is 17.2. The second-order valence-electron chi connectivity index (χ2n) is 8.75. The number of amides is 2. The van der Waals surface area contributed by atoms with Crippen molar-refractivity contribution in [1.82, 2.24) is 14.7 Å². The van der Waals surface area contributed by atoms with Crippen molar-refractivity contribution in [1.29, 1.82) is 0 Å². The van der Waals surface area contributed by atoms with E-state index in [1.807, 2.05) is 64.2 Å². The molecule has 0 N–H and O–H groups in total. The van der Waals surface area contributed by atoms with Crippen LogP contribution in [0.15, 0.2) is 54.6 Å². The van der Waals surface area contributed by atoms with Gasteiger partial charge >= 0.3 is 0 Å². The average Bonchev–Trinajstić information content (AvgIpc) is 3.08. The Morgan fingerprint density at radius 1 is 0.939 bits per heavy atom. The molecule has 0 unspecified atom stereocenters. The standard InChI is InChI=1S/C26H27ClN4O2/c27-22-7-5-6-21(16-22)23-17-24-30(25(32)12-15-31(24)28-23)18-19-8-10-20(11-9-19)26(33)29-13-3-1-2-4-14-29/h5-11,16-17H,1-4,12-15,18H2. The Kier molecular flexibility index (Phi) is 6.18. The monoisotopic (exact) mass is 462 g/mol. The predicted octanol–water partition coefficient (Wildman–Crippen LogP) is 5.16. The zero-order valence-electron chi connectivity index (χ0n) is 18.5. The van der Waals surface area contributed by atoms with Crippen molar-refractivity contribution in [3.8, 4) is 11.3 Å². The molecule has 3 aromatic rings. The van der Waals surface area contributed by atoms with Gasteiger partial charge in [0.2, 0.25) is 5.91 Å². The van der Waals surface area contributed by atoms with Crippen molar-refractivity contribution < 1.29 is 9.59 Å². The van der Waals surface area contributed by atoms with Crippen LogP contribution in [0, 0.1) is 0 Å². The van der Waals surface area contributed by atoms with E-state index in [9.17, 15) is 9.59 Å². The van der Waals surface area contributed by atoms with Crippen LogP contribution in [0.4, 0.5) is 5.82 Å². The second-order valence-corrected chi connectivity index (χ2v) is 9.19. The van der Waals surface area contributed by atoms with Crippen LogP contribution in [-0.2, 0) is 17.9 Å². The molecule has 2 aliphatic heterocycles. The zero-order valence-corrected chi connectivity index (χ0v) is 19.3. The van der Waals surface area contributed by atoms with Crippen LogP contribution >= 0.6 is 11.6 Å². The lowest BCUT2D eigenvalue weighted by Gasteiger charge is -2.27. The third-order valence-electron chi connectivity index (χ3n) is 6.43. The highest BCUT2D eigenvalue weighted by molar-refractivity contribution is 6.30. The van der Waals surface area contributed by atoms with E-state index in [1.165, 1.54) is 12.8 Å². The van der Waals surface area contributed by atoms with Crippen molar-refractivity contribution in [3.05, 3.63) is 70.7 Å². The van der Waals surface area contributed by atoms with Crippen molar-refractivity contribution in [2.75, 3.05) is 18.0 Å². The van der Waals surface area contributed by atoms with Gasteiger partial charge in [0.1, 0.15) is 5.82 Å². The summed E-state index contributed by atoms with van der Waals surface area (Å²) in [4.78, 5) is 29.4. The van der Waals surface area contributed by atoms with Gasteiger partial charge < -0.3 is 4.90 Å². The Bertz CT molecular complexity index is 1160. The maximum absolute atomic E-state index is 12.9. The van der Waals surface area contributed by atoms with E-state index >= 15 is 0 Å². The van der Waals surface area contributed by atoms with E-state index < -0.39 is 0 Å². The number of carbonyl (C=O) groups excluding carboxylic acids is 2. The molecule has 3 heterocycles. The van der Waals surface area contributed by atoms with E-state index in [1.54, 1.807) is 4.90 Å². The summed E-state index contributed by atoms with van der Waals surface area (Å²) in [7, 11) is 0. The molecule has 0 aliphatic carbocycles. The maximum Gasteiger partial charge on any atom is 0.253 e. The molecule has 1 fully saturated rings. The highest BCUT2D eigenvalue weighted by atomic mass is 35.5. The Morgan fingerprint density at radius 3 is 2.42 bits per heavy atom. The van der Waals surface area contributed by atoms with Gasteiger partial charge in [-0.3, -0.25) is 14.5 Å². The fraction of sp³-hybridized carbons (Fsp3) is 0.346. The molecule has 0 spiro atoms. The van der Waals surface area contributed by atoms with E-state index in [-0.39, 0.29) is 11.8 Å². The first-order valence-electron chi connectivity index (χ1n) is 11.6. The number of hydrogen-bond acceptors (Lipinski definition) is 3. The van der Waals surface area contributed by atoms with Crippen molar-refractivity contribution in [2.45, 2.75) is 45.2 Å². The summed E-state index contributed by atoms with van der Waals surface area (Å²) < 4.78 is 1.88. The summed E-state index contributed by atoms with van der Waals surface area (Å²) in [5, 5.41) is 5.35. The summed E-state index contributed by atoms with van der Waals surface area (Å²) in [6.07, 6.45) is 4.96. The molecule has 33 heavy (non-hydrogen) atoms. The number of aryl methyl sites for hydroxylation is 1. The Hall–Kier alpha value is -3.12. The minimum Gasteiger partial charge on any atom is -0.339 e. The van der Waals surface area contributed by atoms with E-state index in [2.05, 4.69) is 0 Å². The molecule has 170 valence electrons. The summed E-state index contributed by atoms with van der Waals surface area (Å²) in [6.45, 7) is 2.68. The van der Waals surface area contributed by atoms with Crippen molar-refractivity contribution in [3.63, 3.8) is 0 Å². The molecule has 5 rings (SSSR count). The smallest absolute Gasteiger partial charge is 0.253 e. The number of likely N-dealkylation sites (tertiary alicyclic amines) is 1. The zero-order chi connectivity index (χ0) is 22.8. The molecular formula is C26H27ClN4O2. The van der Waals surface area contributed by atoms with Gasteiger partial charge in [-0.05, 0) is 42.7 Å². The fourth-order valence-corrected chi connectivity index (χ4v) is 4.79. The van der Waals surface area contributed by atoms with Crippen molar-refractivity contribution in [2.24, 2.45) is 0 Å². The highest BCUT2D eigenvalue weighted by Gasteiger charge is 2.27. The molecule has 2 aromatic carbocycles. The van der Waals surface area contributed by atoms with Gasteiger partial charge in [-0.15, -0.1) is 0 Å². The molecule has 2 aliphatic rings. The van der Waals surface area contributed by atoms with Crippen LogP contribution in [-0.4, -0.2) is 39.6 Å². The van der Waals surface area contributed by atoms with Crippen LogP contribution in [0.5, 0.6) is 0 Å². The molecule has 1 aromatic heterocycles. The lowest BCUT2D eigenvalue weighted by molar-refractivity contribution is -0.119. The number of rotatable bonds is 4. The van der Waals surface area contributed by atoms with E-state index in [0.717, 1.165) is 48.6 Å². The Balaban J connectivity index is 1.34. The minimum atomic E-state index is 0.0739. The predicted molar refractivity (Wildman–Crippen MR) is 129 cm³/mol. The van der Waals surface area contributed by atoms with Gasteiger partial charge in [-0.2, -0.15) is 5.10 Å². The number of nitrogens with zero attached hydrogens (tertiary/aromatic N) is 4. The number of carbonyl (C=O) groups is 2. The molecule has 2 amide bonds. The molecule has 7 heteroatoms. The summed E-state index contributed by atoms with van der Waals surface area (Å²) in [5.74, 6) is 0.956. The SMILES string of the molecule is O=C(c1ccc(CN2C(=O)CCn3nc(-c4cccc(Cl)c4)cc32)cc1)N1CCCCCC1. The van der Waals surface area contributed by atoms with Crippen LogP contribution in [0.25, 0.3) is 11.3 Å². The van der Waals surface area contributed by atoms with Crippen LogP contribution in [0.2, 0.25) is 5.02 Å². The lowest BCUT2D eigenvalue weighted by Crippen LogP contribution is -2.37. The van der Waals surface area contributed by atoms with Gasteiger partial charge in [0.05, 0.1) is 18.8 Å². The number of fused-ring (bicyclic) bond motifs is 1. The van der Waals surface area contributed by atoms with Gasteiger partial charge in [-0.25, -0.2) is 4.68 Å². The second kappa shape index (κ2) is 9.40. The number of benzene rings is 2. The lowest BCUT2D eigenvalue weighted by atomic mass is 10.1. The van der Waals surface area contributed by atoms with E-state index in [0.29, 0.717) is 30.1 Å². The van der Waals surface area contributed by atoms with Gasteiger partial charge in [0.25, 0.3) is 5.91 Å². The summed E-state index contributed by atoms with van der Waals surface area (Å²) >= 11 is 6.15. The van der Waals surface area contributed by atoms with Gasteiger partial charge in [-0.1, -0.05) is 48.7 Å². The number of aromatic nitrogens is 2. The van der Waals surface area contributed by atoms with Crippen LogP contribution in [0.1, 0.15) is 48.0 Å². The van der Waals surface area contributed by atoms with Gasteiger partial charge in [0.15, 0.2) is 0 Å². The summed E-state index contributed by atoms with van der Waals surface area (Å²) in [5.41, 5.74) is 3.41. The molecule has 6 nitrogen and oxygen atoms in total. The average molecular weight is 463 g/mol. The largest absolute Gasteiger partial charge is 0.339 e. The minimum absolute atomic E-state index is 0.0739. The quantitative estimate of drug-likeness (QED) is 0.538. The first-order chi connectivity index (χ1) is 16.1. The highest BCUT2D eigenvalue weighted by Crippen LogP contribution is 2.30. The third kappa shape index (κ3) is 4.67. The Labute approximate surface area is 198 Å². The fourth-order valence-electron chi connectivity index (χ4n) is 4.60. The molecule has 1 saturated heterocycles. The molecular weight excluding hydrogens is 436 g/mol. The molecule has 0 radical (unpaired) electrons. The first kappa shape index (κ1) is 21.7. The number of anilines is 1. The van der Waals surface area contributed by atoms with Gasteiger partial charge in [0, 0.05) is 41.7 Å². The molecule has 0 saturated carbocycles. The van der Waals surface area contributed by atoms with Crippen LogP contribution in [0.3, 0.4) is 0 Å². The van der Waals surface area contributed by atoms with Crippen LogP contribution < -0.4 is 4.90 Å². The first-order valence-corrected chi connectivity index (χ1v) is 12.0. The topological polar surface area (TPSA) is 58.4 Å². The number of hydrogen-bond donors (Lipinski definition) is 0. The molecule has 0 bridgehead atoms.